The fourth-order valence-corrected chi connectivity index (χ4v) is 5.76. The van der Waals surface area contributed by atoms with Crippen LogP contribution in [0.3, 0.4) is 0 Å². The topological polar surface area (TPSA) is 87.2 Å². The minimum absolute atomic E-state index is 0.0268. The summed E-state index contributed by atoms with van der Waals surface area (Å²) >= 11 is 0. The molecule has 26 heavy (non-hydrogen) atoms. The molecule has 2 aliphatic rings. The Morgan fingerprint density at radius 2 is 1.88 bits per heavy atom. The van der Waals surface area contributed by atoms with Crippen LogP contribution in [0, 0.1) is 0 Å². The smallest absolute Gasteiger partial charge is 0.387 e. The van der Waals surface area contributed by atoms with Gasteiger partial charge in [0.1, 0.15) is 5.75 Å². The van der Waals surface area contributed by atoms with Crippen LogP contribution in [0.4, 0.5) is 8.78 Å². The zero-order valence-corrected chi connectivity index (χ0v) is 14.7. The van der Waals surface area contributed by atoms with Crippen molar-refractivity contribution >= 4 is 15.8 Å². The highest BCUT2D eigenvalue weighted by Crippen LogP contribution is 2.28. The van der Waals surface area contributed by atoms with Gasteiger partial charge >= 0.3 is 12.6 Å². The van der Waals surface area contributed by atoms with Crippen molar-refractivity contribution in [3.63, 3.8) is 0 Å². The summed E-state index contributed by atoms with van der Waals surface area (Å²) in [5.41, 5.74) is 0.734. The number of carbonyl (C=O) groups is 1. The molecule has 0 amide bonds. The van der Waals surface area contributed by atoms with Crippen LogP contribution in [-0.4, -0.2) is 79.1 Å². The average molecular weight is 390 g/mol. The first-order chi connectivity index (χ1) is 12.2. The summed E-state index contributed by atoms with van der Waals surface area (Å²) in [7, 11) is -3.25. The Morgan fingerprint density at radius 1 is 1.23 bits per heavy atom. The fourth-order valence-electron chi connectivity index (χ4n) is 3.72. The molecule has 0 spiro atoms. The lowest BCUT2D eigenvalue weighted by Crippen LogP contribution is -2.59. The van der Waals surface area contributed by atoms with Crippen molar-refractivity contribution < 1.29 is 31.8 Å². The van der Waals surface area contributed by atoms with Gasteiger partial charge in [-0.2, -0.15) is 8.78 Å². The first-order valence-electron chi connectivity index (χ1n) is 8.17. The molecule has 2 saturated heterocycles. The number of hydrogen-bond donors (Lipinski definition) is 1. The zero-order chi connectivity index (χ0) is 18.9. The molecular formula is C16H20F2N2O5S. The Labute approximate surface area is 150 Å². The summed E-state index contributed by atoms with van der Waals surface area (Å²) in [6.45, 7) is -1.77. The van der Waals surface area contributed by atoms with Gasteiger partial charge in [0.15, 0.2) is 9.84 Å². The number of piperazine rings is 1. The Kier molecular flexibility index (Phi) is 5.44. The van der Waals surface area contributed by atoms with Crippen molar-refractivity contribution in [1.29, 1.82) is 0 Å². The highest BCUT2D eigenvalue weighted by Gasteiger charge is 2.46. The molecule has 0 aromatic heterocycles. The van der Waals surface area contributed by atoms with Crippen molar-refractivity contribution in [2.24, 2.45) is 0 Å². The van der Waals surface area contributed by atoms with Crippen LogP contribution in [0.15, 0.2) is 24.3 Å². The Bertz CT molecular complexity index is 774. The van der Waals surface area contributed by atoms with Gasteiger partial charge in [0.2, 0.25) is 0 Å². The maximum absolute atomic E-state index is 12.4. The van der Waals surface area contributed by atoms with E-state index >= 15 is 0 Å². The molecular weight excluding hydrogens is 370 g/mol. The van der Waals surface area contributed by atoms with Crippen molar-refractivity contribution in [3.05, 3.63) is 29.8 Å². The SMILES string of the molecule is O=C(O)CN1CCN(Cc2cccc(OC(F)F)c2)[C@H]2CS(=O)(=O)C[C@H]21. The van der Waals surface area contributed by atoms with Gasteiger partial charge in [-0.1, -0.05) is 12.1 Å². The van der Waals surface area contributed by atoms with Gasteiger partial charge in [-0.3, -0.25) is 14.6 Å². The number of alkyl halides is 2. The summed E-state index contributed by atoms with van der Waals surface area (Å²) in [6.07, 6.45) is 0. The van der Waals surface area contributed by atoms with Gasteiger partial charge in [-0.15, -0.1) is 0 Å². The van der Waals surface area contributed by atoms with E-state index in [2.05, 4.69) is 4.74 Å². The van der Waals surface area contributed by atoms with Gasteiger partial charge in [0.05, 0.1) is 18.1 Å². The number of benzene rings is 1. The van der Waals surface area contributed by atoms with Crippen LogP contribution in [0.5, 0.6) is 5.75 Å². The first-order valence-corrected chi connectivity index (χ1v) is 10.00. The number of carboxylic acid groups (broad SMARTS) is 1. The number of rotatable bonds is 6. The van der Waals surface area contributed by atoms with Crippen LogP contribution >= 0.6 is 0 Å². The Balaban J connectivity index is 1.76. The maximum Gasteiger partial charge on any atom is 0.387 e. The molecule has 2 aliphatic heterocycles. The van der Waals surface area contributed by atoms with E-state index in [9.17, 15) is 22.0 Å². The van der Waals surface area contributed by atoms with Gasteiger partial charge in [0, 0.05) is 31.7 Å². The van der Waals surface area contributed by atoms with Crippen LogP contribution < -0.4 is 4.74 Å². The van der Waals surface area contributed by atoms with E-state index in [0.717, 1.165) is 5.56 Å². The normalized spacial score (nSPS) is 26.0. The summed E-state index contributed by atoms with van der Waals surface area (Å²) in [4.78, 5) is 14.7. The number of ether oxygens (including phenoxy) is 1. The Morgan fingerprint density at radius 3 is 2.54 bits per heavy atom. The second-order valence-corrected chi connectivity index (χ2v) is 8.73. The van der Waals surface area contributed by atoms with E-state index in [0.29, 0.717) is 19.6 Å². The molecule has 3 rings (SSSR count). The lowest BCUT2D eigenvalue weighted by atomic mass is 10.0. The molecule has 0 aliphatic carbocycles. The first kappa shape index (κ1) is 19.0. The molecule has 1 N–H and O–H groups in total. The molecule has 7 nitrogen and oxygen atoms in total. The van der Waals surface area contributed by atoms with E-state index < -0.39 is 22.4 Å². The lowest BCUT2D eigenvalue weighted by molar-refractivity contribution is -0.139. The van der Waals surface area contributed by atoms with Crippen molar-refractivity contribution in [1.82, 2.24) is 9.80 Å². The molecule has 0 bridgehead atoms. The lowest BCUT2D eigenvalue weighted by Gasteiger charge is -2.43. The predicted octanol–water partition coefficient (Wildman–Crippen LogP) is 0.656. The highest BCUT2D eigenvalue weighted by molar-refractivity contribution is 7.91. The van der Waals surface area contributed by atoms with E-state index in [4.69, 9.17) is 5.11 Å². The number of carboxylic acids is 1. The number of hydrogen-bond acceptors (Lipinski definition) is 6. The summed E-state index contributed by atoms with van der Waals surface area (Å²) in [5.74, 6) is -1.02. The number of aliphatic carboxylic acids is 1. The van der Waals surface area contributed by atoms with E-state index in [1.807, 2.05) is 4.90 Å². The number of sulfone groups is 1. The molecule has 1 aromatic rings. The van der Waals surface area contributed by atoms with Crippen LogP contribution in [0.2, 0.25) is 0 Å². The maximum atomic E-state index is 12.4. The van der Waals surface area contributed by atoms with Crippen molar-refractivity contribution in [3.8, 4) is 5.75 Å². The molecule has 144 valence electrons. The molecule has 2 atom stereocenters. The fraction of sp³-hybridized carbons (Fsp3) is 0.562. The predicted molar refractivity (Wildman–Crippen MR) is 88.9 cm³/mol. The van der Waals surface area contributed by atoms with E-state index in [1.165, 1.54) is 12.1 Å². The van der Waals surface area contributed by atoms with Crippen LogP contribution in [0.1, 0.15) is 5.56 Å². The molecule has 0 unspecified atom stereocenters. The van der Waals surface area contributed by atoms with Crippen molar-refractivity contribution in [2.75, 3.05) is 31.1 Å². The van der Waals surface area contributed by atoms with E-state index in [1.54, 1.807) is 17.0 Å². The standard InChI is InChI=1S/C16H20F2N2O5S/c17-16(18)25-12-3-1-2-11(6-12)7-19-4-5-20(8-15(21)22)14-10-26(23,24)9-13(14)19/h1-3,6,13-14,16H,4-5,7-10H2,(H,21,22)/t13-,14+/m0/s1. The summed E-state index contributed by atoms with van der Waals surface area (Å²) in [6, 6.07) is 5.63. The van der Waals surface area contributed by atoms with Crippen LogP contribution in [-0.2, 0) is 21.2 Å². The highest BCUT2D eigenvalue weighted by atomic mass is 32.2. The number of fused-ring (bicyclic) bond motifs is 1. The second kappa shape index (κ2) is 7.45. The van der Waals surface area contributed by atoms with Gasteiger partial charge in [-0.25, -0.2) is 8.42 Å². The van der Waals surface area contributed by atoms with Gasteiger partial charge in [0.25, 0.3) is 0 Å². The zero-order valence-electron chi connectivity index (χ0n) is 13.9. The minimum Gasteiger partial charge on any atom is -0.480 e. The van der Waals surface area contributed by atoms with Gasteiger partial charge < -0.3 is 9.84 Å². The average Bonchev–Trinajstić information content (AvgIpc) is 2.85. The molecule has 2 fully saturated rings. The van der Waals surface area contributed by atoms with Gasteiger partial charge in [-0.05, 0) is 17.7 Å². The molecule has 0 radical (unpaired) electrons. The van der Waals surface area contributed by atoms with Crippen molar-refractivity contribution in [2.45, 2.75) is 25.2 Å². The number of nitrogens with zero attached hydrogens (tertiary/aromatic N) is 2. The monoisotopic (exact) mass is 390 g/mol. The second-order valence-electron chi connectivity index (χ2n) is 6.57. The summed E-state index contributed by atoms with van der Waals surface area (Å²) in [5, 5.41) is 9.04. The Hall–Kier alpha value is -1.78. The minimum atomic E-state index is -3.25. The molecule has 1 aromatic carbocycles. The molecule has 10 heteroatoms. The van der Waals surface area contributed by atoms with E-state index in [-0.39, 0.29) is 35.9 Å². The largest absolute Gasteiger partial charge is 0.480 e. The third-order valence-corrected chi connectivity index (χ3v) is 6.45. The molecule has 2 heterocycles. The third-order valence-electron chi connectivity index (χ3n) is 4.75. The quantitative estimate of drug-likeness (QED) is 0.763. The third kappa shape index (κ3) is 4.49. The molecule has 0 saturated carbocycles. The summed E-state index contributed by atoms with van der Waals surface area (Å²) < 4.78 is 53.3. The van der Waals surface area contributed by atoms with Crippen LogP contribution in [0.25, 0.3) is 0 Å². The number of halogens is 2.